The quantitative estimate of drug-likeness (QED) is 0.286. The lowest BCUT2D eigenvalue weighted by atomic mass is 10.1. The normalized spacial score (nSPS) is 12.2. The first-order valence-electron chi connectivity index (χ1n) is 11.1. The number of nitrogens with two attached hydrogens (primary N) is 1. The minimum atomic E-state index is 0.0714. The first-order valence-corrected chi connectivity index (χ1v) is 12.8. The highest BCUT2D eigenvalue weighted by molar-refractivity contribution is 7.99. The fourth-order valence-corrected chi connectivity index (χ4v) is 5.66. The number of furan rings is 1. The maximum absolute atomic E-state index is 6.16. The first-order chi connectivity index (χ1) is 16.3. The Morgan fingerprint density at radius 2 is 2.06 bits per heavy atom. The molecule has 0 bridgehead atoms. The second kappa shape index (κ2) is 9.01. The van der Waals surface area contributed by atoms with E-state index in [1.807, 2.05) is 12.3 Å². The van der Waals surface area contributed by atoms with Crippen LogP contribution in [0.4, 0.5) is 5.82 Å². The number of anilines is 1. The number of aromatic nitrogens is 5. The molecule has 0 spiro atoms. The fourth-order valence-electron chi connectivity index (χ4n) is 3.73. The molecule has 5 aromatic rings. The minimum Gasteiger partial charge on any atom is -0.464 e. The van der Waals surface area contributed by atoms with E-state index in [1.54, 1.807) is 29.4 Å². The number of nitrogens with one attached hydrogen (secondary N) is 1. The lowest BCUT2D eigenvalue weighted by Crippen LogP contribution is -2.36. The maximum atomic E-state index is 6.16. The molecule has 176 valence electrons. The third-order valence-corrected chi connectivity index (χ3v) is 7.34. The highest BCUT2D eigenvalue weighted by atomic mass is 32.2. The van der Waals surface area contributed by atoms with E-state index in [1.165, 1.54) is 6.33 Å². The Labute approximate surface area is 206 Å². The summed E-state index contributed by atoms with van der Waals surface area (Å²) in [4.78, 5) is 20.4. The van der Waals surface area contributed by atoms with Crippen molar-refractivity contribution in [3.63, 3.8) is 0 Å². The predicted molar refractivity (Wildman–Crippen MR) is 138 cm³/mol. The second-order valence-corrected chi connectivity index (χ2v) is 11.4. The first kappa shape index (κ1) is 22.8. The summed E-state index contributed by atoms with van der Waals surface area (Å²) in [5.74, 6) is 0.388. The van der Waals surface area contributed by atoms with Gasteiger partial charge in [-0.1, -0.05) is 11.8 Å². The summed E-state index contributed by atoms with van der Waals surface area (Å²) in [5, 5.41) is 6.37. The van der Waals surface area contributed by atoms with Gasteiger partial charge in [0.25, 0.3) is 0 Å². The molecule has 10 heteroatoms. The molecule has 0 unspecified atom stereocenters. The van der Waals surface area contributed by atoms with Crippen LogP contribution < -0.4 is 11.1 Å². The summed E-state index contributed by atoms with van der Waals surface area (Å²) < 4.78 is 7.82. The van der Waals surface area contributed by atoms with E-state index in [-0.39, 0.29) is 5.54 Å². The molecular weight excluding hydrogens is 466 g/mol. The van der Waals surface area contributed by atoms with Crippen LogP contribution in [0.1, 0.15) is 32.1 Å². The Morgan fingerprint density at radius 3 is 2.82 bits per heavy atom. The Bertz CT molecular complexity index is 1460. The smallest absolute Gasteiger partial charge is 0.175 e. The van der Waals surface area contributed by atoms with E-state index < -0.39 is 0 Å². The van der Waals surface area contributed by atoms with Gasteiger partial charge in [-0.25, -0.2) is 19.9 Å². The predicted octanol–water partition coefficient (Wildman–Crippen LogP) is 5.52. The number of rotatable bonds is 7. The standard InChI is InChI=1S/C24H27N7OS2/c1-14-12-26-22(33-14)16-11-17-15(6-9-32-17)10-18(16)34-23-30-19-20(25)27-13-28-21(19)31(23)8-5-7-29-24(2,3)4/h6,9-13,29H,5,7-8H2,1-4H3,(H2,25,27,28). The molecule has 0 saturated carbocycles. The third-order valence-electron chi connectivity index (χ3n) is 5.35. The van der Waals surface area contributed by atoms with E-state index in [9.17, 15) is 0 Å². The summed E-state index contributed by atoms with van der Waals surface area (Å²) in [6.45, 7) is 10.2. The van der Waals surface area contributed by atoms with Crippen LogP contribution >= 0.6 is 23.1 Å². The molecular formula is C24H27N7OS2. The van der Waals surface area contributed by atoms with Gasteiger partial charge >= 0.3 is 0 Å². The van der Waals surface area contributed by atoms with Gasteiger partial charge in [0.2, 0.25) is 0 Å². The molecule has 8 nitrogen and oxygen atoms in total. The summed E-state index contributed by atoms with van der Waals surface area (Å²) in [5.41, 5.74) is 9.47. The van der Waals surface area contributed by atoms with Gasteiger partial charge in [0, 0.05) is 39.0 Å². The number of imidazole rings is 1. The zero-order chi connectivity index (χ0) is 23.9. The van der Waals surface area contributed by atoms with Crippen molar-refractivity contribution >= 4 is 51.0 Å². The van der Waals surface area contributed by atoms with Crippen LogP contribution in [0.25, 0.3) is 32.7 Å². The SMILES string of the molecule is Cc1cnc(-c2cc3occc3cc2Sc2nc3c(N)ncnc3n2CCCNC(C)(C)C)s1. The van der Waals surface area contributed by atoms with Crippen molar-refractivity contribution in [3.05, 3.63) is 41.9 Å². The highest BCUT2D eigenvalue weighted by Gasteiger charge is 2.20. The van der Waals surface area contributed by atoms with Gasteiger partial charge in [0.1, 0.15) is 16.9 Å². The van der Waals surface area contributed by atoms with Crippen molar-refractivity contribution < 1.29 is 4.42 Å². The van der Waals surface area contributed by atoms with Crippen molar-refractivity contribution in [2.75, 3.05) is 12.3 Å². The third kappa shape index (κ3) is 4.66. The van der Waals surface area contributed by atoms with Gasteiger partial charge in [0.05, 0.1) is 6.26 Å². The number of hydrogen-bond acceptors (Lipinski definition) is 9. The molecule has 5 rings (SSSR count). The van der Waals surface area contributed by atoms with Crippen molar-refractivity contribution in [2.45, 2.75) is 56.3 Å². The topological polar surface area (TPSA) is 108 Å². The van der Waals surface area contributed by atoms with Crippen molar-refractivity contribution in [2.24, 2.45) is 0 Å². The summed E-state index contributed by atoms with van der Waals surface area (Å²) in [7, 11) is 0. The van der Waals surface area contributed by atoms with E-state index in [4.69, 9.17) is 15.1 Å². The molecule has 0 aliphatic rings. The van der Waals surface area contributed by atoms with Crippen LogP contribution in [-0.2, 0) is 6.54 Å². The maximum Gasteiger partial charge on any atom is 0.175 e. The zero-order valence-electron chi connectivity index (χ0n) is 19.6. The Balaban J connectivity index is 1.55. The van der Waals surface area contributed by atoms with Crippen molar-refractivity contribution in [1.29, 1.82) is 0 Å². The van der Waals surface area contributed by atoms with Gasteiger partial charge in [0.15, 0.2) is 22.1 Å². The summed E-state index contributed by atoms with van der Waals surface area (Å²) >= 11 is 3.26. The molecule has 1 aromatic carbocycles. The van der Waals surface area contributed by atoms with Gasteiger partial charge in [-0.15, -0.1) is 11.3 Å². The number of nitrogens with zero attached hydrogens (tertiary/aromatic N) is 5. The Hall–Kier alpha value is -2.95. The number of thiazole rings is 1. The molecule has 0 aliphatic carbocycles. The van der Waals surface area contributed by atoms with Gasteiger partial charge in [-0.05, 0) is 58.9 Å². The molecule has 4 aromatic heterocycles. The number of nitrogen functional groups attached to an aromatic ring is 1. The average Bonchev–Trinajstić information content (AvgIpc) is 3.49. The molecule has 0 radical (unpaired) electrons. The lowest BCUT2D eigenvalue weighted by molar-refractivity contribution is 0.412. The number of aryl methyl sites for hydroxylation is 2. The summed E-state index contributed by atoms with van der Waals surface area (Å²) in [6.07, 6.45) is 6.04. The van der Waals surface area contributed by atoms with Gasteiger partial charge in [-0.2, -0.15) is 0 Å². The second-order valence-electron chi connectivity index (χ2n) is 9.19. The Kier molecular flexibility index (Phi) is 6.05. The van der Waals surface area contributed by atoms with E-state index >= 15 is 0 Å². The average molecular weight is 494 g/mol. The zero-order valence-corrected chi connectivity index (χ0v) is 21.3. The van der Waals surface area contributed by atoms with Crippen LogP contribution in [0.15, 0.2) is 51.5 Å². The van der Waals surface area contributed by atoms with Crippen molar-refractivity contribution in [3.8, 4) is 10.6 Å². The van der Waals surface area contributed by atoms with Crippen LogP contribution in [0, 0.1) is 6.92 Å². The Morgan fingerprint density at radius 1 is 1.21 bits per heavy atom. The minimum absolute atomic E-state index is 0.0714. The molecule has 0 fully saturated rings. The van der Waals surface area contributed by atoms with E-state index in [2.05, 4.69) is 64.7 Å². The van der Waals surface area contributed by atoms with Crippen LogP contribution in [0.2, 0.25) is 0 Å². The summed E-state index contributed by atoms with van der Waals surface area (Å²) in [6, 6.07) is 6.17. The largest absolute Gasteiger partial charge is 0.464 e. The highest BCUT2D eigenvalue weighted by Crippen LogP contribution is 2.41. The monoisotopic (exact) mass is 493 g/mol. The fraction of sp³-hybridized carbons (Fsp3) is 0.333. The molecule has 4 heterocycles. The molecule has 0 aliphatic heterocycles. The van der Waals surface area contributed by atoms with Gasteiger partial charge in [-0.3, -0.25) is 0 Å². The number of fused-ring (bicyclic) bond motifs is 2. The molecule has 0 amide bonds. The van der Waals surface area contributed by atoms with E-state index in [0.29, 0.717) is 11.3 Å². The number of benzene rings is 1. The van der Waals surface area contributed by atoms with Crippen LogP contribution in [0.3, 0.4) is 0 Å². The van der Waals surface area contributed by atoms with E-state index in [0.717, 1.165) is 61.6 Å². The molecule has 3 N–H and O–H groups in total. The van der Waals surface area contributed by atoms with Crippen LogP contribution in [0.5, 0.6) is 0 Å². The number of hydrogen-bond donors (Lipinski definition) is 2. The van der Waals surface area contributed by atoms with Crippen molar-refractivity contribution in [1.82, 2.24) is 29.8 Å². The molecule has 34 heavy (non-hydrogen) atoms. The molecule has 0 saturated heterocycles. The van der Waals surface area contributed by atoms with Crippen LogP contribution in [-0.4, -0.2) is 36.6 Å². The molecule has 0 atom stereocenters. The lowest BCUT2D eigenvalue weighted by Gasteiger charge is -2.20. The van der Waals surface area contributed by atoms with Gasteiger partial charge < -0.3 is 20.0 Å².